The molecular weight excluding hydrogens is 324 g/mol. The Labute approximate surface area is 155 Å². The fraction of sp³-hybridized carbons (Fsp3) is 0.571. The number of para-hydroxylation sites is 1. The Hall–Kier alpha value is -2.01. The number of urea groups is 1. The van der Waals surface area contributed by atoms with E-state index in [1.165, 1.54) is 51.5 Å². The maximum Gasteiger partial charge on any atom is 0.319 e. The van der Waals surface area contributed by atoms with Crippen LogP contribution in [0.15, 0.2) is 30.5 Å². The molecule has 0 radical (unpaired) electrons. The number of H-pyrrole nitrogens is 1. The van der Waals surface area contributed by atoms with Gasteiger partial charge in [-0.2, -0.15) is 0 Å². The van der Waals surface area contributed by atoms with E-state index in [1.54, 1.807) is 0 Å². The number of hydrogen-bond acceptors (Lipinski definition) is 2. The Balaban J connectivity index is 1.33. The summed E-state index contributed by atoms with van der Waals surface area (Å²) in [5, 5.41) is 7.27. The van der Waals surface area contributed by atoms with Crippen LogP contribution in [0.5, 0.6) is 0 Å². The summed E-state index contributed by atoms with van der Waals surface area (Å²) >= 11 is 0. The van der Waals surface area contributed by atoms with Crippen molar-refractivity contribution in [2.75, 3.05) is 18.4 Å². The number of rotatable bonds is 3. The molecule has 1 aromatic carbocycles. The van der Waals surface area contributed by atoms with Gasteiger partial charge in [0, 0.05) is 35.7 Å². The van der Waals surface area contributed by atoms with Gasteiger partial charge in [-0.05, 0) is 38.3 Å². The van der Waals surface area contributed by atoms with Crippen molar-refractivity contribution in [1.29, 1.82) is 0 Å². The number of nitrogens with one attached hydrogen (secondary N) is 3. The van der Waals surface area contributed by atoms with Crippen LogP contribution in [-0.2, 0) is 0 Å². The van der Waals surface area contributed by atoms with Crippen molar-refractivity contribution in [3.63, 3.8) is 0 Å². The maximum absolute atomic E-state index is 12.5. The van der Waals surface area contributed by atoms with Crippen molar-refractivity contribution >= 4 is 22.6 Å². The van der Waals surface area contributed by atoms with Gasteiger partial charge in [0.25, 0.3) is 0 Å². The molecule has 2 amide bonds. The van der Waals surface area contributed by atoms with Crippen LogP contribution in [-0.4, -0.2) is 41.1 Å². The molecule has 26 heavy (non-hydrogen) atoms. The molecule has 1 aliphatic heterocycles. The second-order valence-electron chi connectivity index (χ2n) is 7.83. The second kappa shape index (κ2) is 8.12. The molecule has 1 aromatic heterocycles. The topological polar surface area (TPSA) is 60.2 Å². The van der Waals surface area contributed by atoms with Crippen molar-refractivity contribution in [3.8, 4) is 0 Å². The zero-order valence-corrected chi connectivity index (χ0v) is 15.5. The molecule has 2 heterocycles. The summed E-state index contributed by atoms with van der Waals surface area (Å²) in [7, 11) is 0. The van der Waals surface area contributed by atoms with E-state index >= 15 is 0 Å². The highest BCUT2D eigenvalue weighted by Crippen LogP contribution is 2.25. The Kier molecular flexibility index (Phi) is 5.44. The van der Waals surface area contributed by atoms with E-state index < -0.39 is 0 Å². The van der Waals surface area contributed by atoms with Crippen molar-refractivity contribution in [2.45, 2.75) is 63.5 Å². The number of piperidine rings is 1. The van der Waals surface area contributed by atoms with Gasteiger partial charge < -0.3 is 15.6 Å². The third-order valence-electron chi connectivity index (χ3n) is 5.97. The average Bonchev–Trinajstić information content (AvgIpc) is 2.88. The average molecular weight is 354 g/mol. The lowest BCUT2D eigenvalue weighted by molar-refractivity contribution is 0.128. The van der Waals surface area contributed by atoms with Gasteiger partial charge in [-0.3, -0.25) is 4.90 Å². The van der Waals surface area contributed by atoms with E-state index in [0.717, 1.165) is 35.6 Å². The fourth-order valence-electron chi connectivity index (χ4n) is 4.60. The number of anilines is 1. The summed E-state index contributed by atoms with van der Waals surface area (Å²) in [6.45, 7) is 2.18. The van der Waals surface area contributed by atoms with E-state index in [0.29, 0.717) is 0 Å². The van der Waals surface area contributed by atoms with Crippen molar-refractivity contribution < 1.29 is 4.79 Å². The van der Waals surface area contributed by atoms with E-state index in [2.05, 4.69) is 20.5 Å². The number of nitrogens with zero attached hydrogens (tertiary/aromatic N) is 1. The third-order valence-corrected chi connectivity index (χ3v) is 5.97. The first kappa shape index (κ1) is 17.4. The number of likely N-dealkylation sites (tertiary alicyclic amines) is 1. The zero-order valence-electron chi connectivity index (χ0n) is 15.5. The molecule has 5 nitrogen and oxygen atoms in total. The van der Waals surface area contributed by atoms with Crippen LogP contribution in [0.25, 0.3) is 10.9 Å². The molecule has 0 spiro atoms. The number of aromatic nitrogens is 1. The minimum atomic E-state index is -0.0949. The zero-order chi connectivity index (χ0) is 17.8. The minimum absolute atomic E-state index is 0.0949. The monoisotopic (exact) mass is 354 g/mol. The van der Waals surface area contributed by atoms with Gasteiger partial charge >= 0.3 is 6.03 Å². The number of benzene rings is 1. The Morgan fingerprint density at radius 2 is 1.85 bits per heavy atom. The molecule has 140 valence electrons. The first-order valence-electron chi connectivity index (χ1n) is 10.2. The number of carbonyl (C=O) groups excluding carboxylic acids is 1. The largest absolute Gasteiger partial charge is 0.359 e. The third kappa shape index (κ3) is 4.04. The van der Waals surface area contributed by atoms with Crippen LogP contribution < -0.4 is 10.6 Å². The van der Waals surface area contributed by atoms with Crippen LogP contribution in [0.1, 0.15) is 51.4 Å². The number of hydrogen-bond donors (Lipinski definition) is 3. The molecular formula is C21H30N4O. The highest BCUT2D eigenvalue weighted by atomic mass is 16.2. The number of aromatic amines is 1. The smallest absolute Gasteiger partial charge is 0.319 e. The molecule has 4 rings (SSSR count). The van der Waals surface area contributed by atoms with Crippen LogP contribution in [0.3, 0.4) is 0 Å². The molecule has 1 unspecified atom stereocenters. The molecule has 2 aromatic rings. The maximum atomic E-state index is 12.5. The molecule has 2 fully saturated rings. The first-order chi connectivity index (χ1) is 12.8. The van der Waals surface area contributed by atoms with Gasteiger partial charge in [0.15, 0.2) is 0 Å². The quantitative estimate of drug-likeness (QED) is 0.712. The van der Waals surface area contributed by atoms with E-state index in [9.17, 15) is 4.79 Å². The van der Waals surface area contributed by atoms with Crippen LogP contribution >= 0.6 is 0 Å². The summed E-state index contributed by atoms with van der Waals surface area (Å²) in [4.78, 5) is 18.3. The molecule has 1 atom stereocenters. The van der Waals surface area contributed by atoms with Gasteiger partial charge in [-0.1, -0.05) is 43.9 Å². The summed E-state index contributed by atoms with van der Waals surface area (Å²) < 4.78 is 0. The first-order valence-corrected chi connectivity index (χ1v) is 10.2. The normalized spacial score (nSPS) is 22.8. The van der Waals surface area contributed by atoms with E-state index in [-0.39, 0.29) is 12.1 Å². The number of carbonyl (C=O) groups is 1. The lowest BCUT2D eigenvalue weighted by Crippen LogP contribution is -2.51. The summed E-state index contributed by atoms with van der Waals surface area (Å²) in [5.74, 6) is 0. The van der Waals surface area contributed by atoms with E-state index in [1.807, 2.05) is 30.5 Å². The van der Waals surface area contributed by atoms with Gasteiger partial charge in [-0.15, -0.1) is 0 Å². The molecule has 0 bridgehead atoms. The van der Waals surface area contributed by atoms with Gasteiger partial charge in [-0.25, -0.2) is 4.79 Å². The van der Waals surface area contributed by atoms with Crippen LogP contribution in [0, 0.1) is 0 Å². The van der Waals surface area contributed by atoms with Crippen LogP contribution in [0.2, 0.25) is 0 Å². The van der Waals surface area contributed by atoms with Crippen molar-refractivity contribution in [3.05, 3.63) is 30.5 Å². The predicted molar refractivity (Wildman–Crippen MR) is 107 cm³/mol. The Morgan fingerprint density at radius 1 is 1.04 bits per heavy atom. The van der Waals surface area contributed by atoms with Gasteiger partial charge in [0.1, 0.15) is 0 Å². The van der Waals surface area contributed by atoms with Gasteiger partial charge in [0.05, 0.1) is 5.69 Å². The highest BCUT2D eigenvalue weighted by Gasteiger charge is 2.27. The minimum Gasteiger partial charge on any atom is -0.359 e. The predicted octanol–water partition coefficient (Wildman–Crippen LogP) is 4.48. The van der Waals surface area contributed by atoms with Crippen LogP contribution in [0.4, 0.5) is 10.5 Å². The van der Waals surface area contributed by atoms with Crippen molar-refractivity contribution in [1.82, 2.24) is 15.2 Å². The lowest BCUT2D eigenvalue weighted by atomic mass is 10.00. The summed E-state index contributed by atoms with van der Waals surface area (Å²) in [5.41, 5.74) is 1.88. The highest BCUT2D eigenvalue weighted by molar-refractivity contribution is 6.01. The summed E-state index contributed by atoms with van der Waals surface area (Å²) in [6, 6.07) is 8.90. The number of amides is 2. The molecule has 2 aliphatic rings. The fourth-order valence-corrected chi connectivity index (χ4v) is 4.60. The standard InChI is InChI=1S/C21H30N4O/c26-21(24-20-14-22-19-12-6-5-11-18(19)20)23-16-8-7-13-25(15-16)17-9-3-1-2-4-10-17/h5-6,11-12,14,16-17,22H,1-4,7-10,13,15H2,(H2,23,24,26). The number of fused-ring (bicyclic) bond motifs is 1. The summed E-state index contributed by atoms with van der Waals surface area (Å²) in [6.07, 6.45) is 12.3. The second-order valence-corrected chi connectivity index (χ2v) is 7.83. The lowest BCUT2D eigenvalue weighted by Gasteiger charge is -2.38. The molecule has 3 N–H and O–H groups in total. The van der Waals surface area contributed by atoms with Gasteiger partial charge in [0.2, 0.25) is 0 Å². The molecule has 1 saturated carbocycles. The molecule has 5 heteroatoms. The SMILES string of the molecule is O=C(Nc1c[nH]c2ccccc12)NC1CCCN(C2CCCCCC2)C1. The van der Waals surface area contributed by atoms with Crippen molar-refractivity contribution in [2.24, 2.45) is 0 Å². The molecule has 1 aliphatic carbocycles. The van der Waals surface area contributed by atoms with E-state index in [4.69, 9.17) is 0 Å². The Bertz CT molecular complexity index is 732. The molecule has 1 saturated heterocycles. The Morgan fingerprint density at radius 3 is 2.69 bits per heavy atom.